The zero-order valence-corrected chi connectivity index (χ0v) is 23.9. The number of halogens is 1. The number of benzene rings is 2. The third-order valence-electron chi connectivity index (χ3n) is 6.33. The number of rotatable bonds is 10. The average Bonchev–Trinajstić information content (AvgIpc) is 3.43. The van der Waals surface area contributed by atoms with Crippen molar-refractivity contribution in [1.82, 2.24) is 9.97 Å². The highest BCUT2D eigenvalue weighted by molar-refractivity contribution is 7.98. The van der Waals surface area contributed by atoms with Crippen LogP contribution in [0.25, 0.3) is 26.5 Å². The molecular formula is C29H24ClN5O3S2. The molecule has 0 radical (unpaired) electrons. The van der Waals surface area contributed by atoms with Crippen LogP contribution < -0.4 is 9.64 Å². The maximum absolute atomic E-state index is 10.3. The molecule has 11 heteroatoms. The van der Waals surface area contributed by atoms with Crippen LogP contribution in [0.15, 0.2) is 58.9 Å². The summed E-state index contributed by atoms with van der Waals surface area (Å²) in [5.74, 6) is 1.65. The van der Waals surface area contributed by atoms with E-state index in [9.17, 15) is 5.26 Å². The SMILES string of the molecule is [C-]#[N+]c1c(N2CC(OC)C2)nc(SCc2csc(-c3ccc(Cl)cc3)n2)c(C#N)c1-c1ccc(OCCO)cc1. The van der Waals surface area contributed by atoms with Gasteiger partial charge >= 0.3 is 0 Å². The molecule has 1 aliphatic heterocycles. The Morgan fingerprint density at radius 2 is 1.90 bits per heavy atom. The molecule has 0 spiro atoms. The van der Waals surface area contributed by atoms with Gasteiger partial charge in [0.05, 0.1) is 30.5 Å². The number of anilines is 1. The predicted molar refractivity (Wildman–Crippen MR) is 158 cm³/mol. The van der Waals surface area contributed by atoms with E-state index in [4.69, 9.17) is 42.7 Å². The number of hydrogen-bond donors (Lipinski definition) is 1. The highest BCUT2D eigenvalue weighted by Crippen LogP contribution is 2.45. The zero-order valence-electron chi connectivity index (χ0n) is 21.5. The zero-order chi connectivity index (χ0) is 28.1. The van der Waals surface area contributed by atoms with Crippen molar-refractivity contribution in [3.05, 3.63) is 81.6 Å². The van der Waals surface area contributed by atoms with E-state index in [1.807, 2.05) is 46.7 Å². The van der Waals surface area contributed by atoms with E-state index in [1.54, 1.807) is 30.6 Å². The maximum atomic E-state index is 10.3. The minimum absolute atomic E-state index is 0.0693. The minimum Gasteiger partial charge on any atom is -0.491 e. The van der Waals surface area contributed by atoms with Crippen molar-refractivity contribution in [3.8, 4) is 33.5 Å². The Morgan fingerprint density at radius 1 is 1.18 bits per heavy atom. The van der Waals surface area contributed by atoms with Crippen LogP contribution in [0.5, 0.6) is 5.75 Å². The standard InChI is InChI=1S/C29H24ClN5O3S2/c1-32-26-25(18-5-9-22(10-6-18)38-12-11-36)24(13-31)29(34-27(26)35-14-23(15-35)37-2)40-17-21-16-39-28(33-21)19-3-7-20(30)8-4-19/h3-10,16,23,36H,11-12,14-15,17H2,2H3. The van der Waals surface area contributed by atoms with Crippen LogP contribution in [0.1, 0.15) is 11.3 Å². The molecule has 1 saturated heterocycles. The van der Waals surface area contributed by atoms with E-state index in [-0.39, 0.29) is 19.3 Å². The van der Waals surface area contributed by atoms with Crippen molar-refractivity contribution in [3.63, 3.8) is 0 Å². The molecule has 0 atom stereocenters. The van der Waals surface area contributed by atoms with E-state index in [1.165, 1.54) is 11.8 Å². The summed E-state index contributed by atoms with van der Waals surface area (Å²) in [4.78, 5) is 15.5. The van der Waals surface area contributed by atoms with Crippen molar-refractivity contribution >= 4 is 46.2 Å². The number of ether oxygens (including phenoxy) is 2. The van der Waals surface area contributed by atoms with Gasteiger partial charge in [-0.25, -0.2) is 14.8 Å². The molecule has 202 valence electrons. The first kappa shape index (κ1) is 27.9. The Labute approximate surface area is 245 Å². The van der Waals surface area contributed by atoms with E-state index in [2.05, 4.69) is 10.9 Å². The van der Waals surface area contributed by atoms with Crippen molar-refractivity contribution in [2.75, 3.05) is 38.3 Å². The van der Waals surface area contributed by atoms with Gasteiger partial charge in [0, 0.05) is 47.5 Å². The number of pyridine rings is 1. The molecule has 40 heavy (non-hydrogen) atoms. The fourth-order valence-corrected chi connectivity index (χ4v) is 6.17. The van der Waals surface area contributed by atoms with Gasteiger partial charge in [0.25, 0.3) is 0 Å². The van der Waals surface area contributed by atoms with Crippen LogP contribution >= 0.6 is 34.7 Å². The lowest BCUT2D eigenvalue weighted by molar-refractivity contribution is 0.0783. The van der Waals surface area contributed by atoms with Gasteiger partial charge in [0.15, 0.2) is 0 Å². The van der Waals surface area contributed by atoms with Crippen LogP contribution in [0.3, 0.4) is 0 Å². The van der Waals surface area contributed by atoms with Gasteiger partial charge in [-0.05, 0) is 29.8 Å². The summed E-state index contributed by atoms with van der Waals surface area (Å²) in [5.41, 5.74) is 3.80. The highest BCUT2D eigenvalue weighted by atomic mass is 35.5. The molecule has 5 rings (SSSR count). The number of aliphatic hydroxyl groups is 1. The molecule has 0 saturated carbocycles. The Morgan fingerprint density at radius 3 is 2.55 bits per heavy atom. The van der Waals surface area contributed by atoms with Crippen LogP contribution in [0.2, 0.25) is 5.02 Å². The molecule has 2 aromatic heterocycles. The van der Waals surface area contributed by atoms with Crippen LogP contribution in [0.4, 0.5) is 11.5 Å². The number of aromatic nitrogens is 2. The van der Waals surface area contributed by atoms with Gasteiger partial charge in [-0.15, -0.1) is 11.3 Å². The van der Waals surface area contributed by atoms with Crippen LogP contribution in [0, 0.1) is 17.9 Å². The lowest BCUT2D eigenvalue weighted by atomic mass is 9.99. The first-order valence-electron chi connectivity index (χ1n) is 12.3. The van der Waals surface area contributed by atoms with Crippen molar-refractivity contribution in [2.45, 2.75) is 16.9 Å². The second-order valence-corrected chi connectivity index (χ2v) is 11.1. The summed E-state index contributed by atoms with van der Waals surface area (Å²) in [6.07, 6.45) is 0.0693. The molecule has 4 aromatic rings. The van der Waals surface area contributed by atoms with Gasteiger partial charge in [0.1, 0.15) is 34.3 Å². The number of hydrogen-bond acceptors (Lipinski definition) is 9. The van der Waals surface area contributed by atoms with Gasteiger partial charge in [-0.1, -0.05) is 47.6 Å². The molecule has 3 heterocycles. The monoisotopic (exact) mass is 589 g/mol. The molecule has 0 aliphatic carbocycles. The first-order valence-corrected chi connectivity index (χ1v) is 14.6. The minimum atomic E-state index is -0.0883. The molecule has 0 bridgehead atoms. The van der Waals surface area contributed by atoms with Crippen molar-refractivity contribution in [2.24, 2.45) is 0 Å². The molecule has 2 aromatic carbocycles. The van der Waals surface area contributed by atoms with Crippen molar-refractivity contribution < 1.29 is 14.6 Å². The number of aliphatic hydroxyl groups excluding tert-OH is 1. The van der Waals surface area contributed by atoms with Gasteiger partial charge in [-0.3, -0.25) is 0 Å². The lowest BCUT2D eigenvalue weighted by Crippen LogP contribution is -2.52. The Bertz CT molecular complexity index is 1570. The lowest BCUT2D eigenvalue weighted by Gasteiger charge is -2.40. The van der Waals surface area contributed by atoms with E-state index < -0.39 is 0 Å². The Hall–Kier alpha value is -3.64. The van der Waals surface area contributed by atoms with Crippen molar-refractivity contribution in [1.29, 1.82) is 5.26 Å². The molecule has 0 unspecified atom stereocenters. The number of thiazole rings is 1. The summed E-state index contributed by atoms with van der Waals surface area (Å²) in [6.45, 7) is 9.34. The second kappa shape index (κ2) is 12.7. The fraction of sp³-hybridized carbons (Fsp3) is 0.241. The topological polar surface area (TPSA) is 95.9 Å². The highest BCUT2D eigenvalue weighted by Gasteiger charge is 2.32. The number of methoxy groups -OCH3 is 1. The largest absolute Gasteiger partial charge is 0.491 e. The smallest absolute Gasteiger partial charge is 0.237 e. The van der Waals surface area contributed by atoms with Gasteiger partial charge in [-0.2, -0.15) is 5.26 Å². The number of nitrogens with zero attached hydrogens (tertiary/aromatic N) is 5. The quantitative estimate of drug-likeness (QED) is 0.167. The Balaban J connectivity index is 1.50. The third-order valence-corrected chi connectivity index (χ3v) is 8.53. The maximum Gasteiger partial charge on any atom is 0.237 e. The number of nitriles is 1. The summed E-state index contributed by atoms with van der Waals surface area (Å²) in [7, 11) is 1.67. The molecule has 1 fully saturated rings. The predicted octanol–water partition coefficient (Wildman–Crippen LogP) is 6.45. The van der Waals surface area contributed by atoms with E-state index >= 15 is 0 Å². The molecule has 1 N–H and O–H groups in total. The summed E-state index contributed by atoms with van der Waals surface area (Å²) in [5, 5.41) is 23.4. The normalized spacial score (nSPS) is 13.0. The summed E-state index contributed by atoms with van der Waals surface area (Å²) >= 11 is 9.00. The van der Waals surface area contributed by atoms with Gasteiger partial charge in [0.2, 0.25) is 5.69 Å². The first-order chi connectivity index (χ1) is 19.5. The third kappa shape index (κ3) is 5.92. The van der Waals surface area contributed by atoms with E-state index in [0.29, 0.717) is 62.8 Å². The van der Waals surface area contributed by atoms with Crippen LogP contribution in [-0.2, 0) is 10.5 Å². The number of thioether (sulfide) groups is 1. The Kier molecular flexibility index (Phi) is 8.85. The average molecular weight is 590 g/mol. The molecule has 8 nitrogen and oxygen atoms in total. The summed E-state index contributed by atoms with van der Waals surface area (Å²) in [6, 6.07) is 17.1. The van der Waals surface area contributed by atoms with Crippen LogP contribution in [-0.4, -0.2) is 54.6 Å². The molecule has 1 aliphatic rings. The van der Waals surface area contributed by atoms with E-state index in [0.717, 1.165) is 16.3 Å². The molecule has 0 amide bonds. The molecular weight excluding hydrogens is 566 g/mol. The van der Waals surface area contributed by atoms with Gasteiger partial charge < -0.3 is 19.5 Å². The fourth-order valence-electron chi connectivity index (χ4n) is 4.24. The second-order valence-electron chi connectivity index (χ2n) is 8.86. The summed E-state index contributed by atoms with van der Waals surface area (Å²) < 4.78 is 10.9.